The van der Waals surface area contributed by atoms with Crippen LogP contribution in [-0.2, 0) is 11.4 Å². The molecule has 0 aliphatic carbocycles. The van der Waals surface area contributed by atoms with Gasteiger partial charge in [0.2, 0.25) is 0 Å². The van der Waals surface area contributed by atoms with Crippen molar-refractivity contribution in [2.75, 3.05) is 6.54 Å². The number of amides is 2. The van der Waals surface area contributed by atoms with Gasteiger partial charge in [-0.05, 0) is 54.4 Å². The Labute approximate surface area is 178 Å². The van der Waals surface area contributed by atoms with E-state index in [4.69, 9.17) is 27.9 Å². The van der Waals surface area contributed by atoms with Gasteiger partial charge in [0.05, 0.1) is 15.0 Å². The predicted molar refractivity (Wildman–Crippen MR) is 115 cm³/mol. The summed E-state index contributed by atoms with van der Waals surface area (Å²) in [5.41, 5.74) is 2.82. The van der Waals surface area contributed by atoms with Crippen LogP contribution < -0.4 is 4.74 Å². The van der Waals surface area contributed by atoms with E-state index in [0.717, 1.165) is 23.7 Å². The zero-order valence-electron chi connectivity index (χ0n) is 15.5. The van der Waals surface area contributed by atoms with Gasteiger partial charge in [0, 0.05) is 6.54 Å². The first kappa shape index (κ1) is 20.8. The van der Waals surface area contributed by atoms with Crippen LogP contribution >= 0.6 is 35.0 Å². The lowest BCUT2D eigenvalue weighted by atomic mass is 10.1. The monoisotopic (exact) mass is 435 g/mol. The van der Waals surface area contributed by atoms with Crippen molar-refractivity contribution < 1.29 is 14.3 Å². The summed E-state index contributed by atoms with van der Waals surface area (Å²) in [5.74, 6) is 0.101. The topological polar surface area (TPSA) is 46.6 Å². The maximum atomic E-state index is 12.4. The summed E-state index contributed by atoms with van der Waals surface area (Å²) in [6.07, 6.45) is 2.35. The van der Waals surface area contributed by atoms with E-state index in [2.05, 4.69) is 0 Å². The molecule has 28 heavy (non-hydrogen) atoms. The number of carbonyl (C=O) groups excluding carboxylic acids is 2. The highest BCUT2D eigenvalue weighted by Crippen LogP contribution is 2.37. The molecule has 4 nitrogen and oxygen atoms in total. The highest BCUT2D eigenvalue weighted by atomic mass is 35.5. The van der Waals surface area contributed by atoms with Crippen LogP contribution in [0.3, 0.4) is 0 Å². The highest BCUT2D eigenvalue weighted by molar-refractivity contribution is 8.18. The lowest BCUT2D eigenvalue weighted by Gasteiger charge is -2.11. The number of ether oxygens (including phenoxy) is 1. The van der Waals surface area contributed by atoms with Crippen molar-refractivity contribution in [2.45, 2.75) is 26.9 Å². The molecular formula is C21H19Cl2NO3S. The van der Waals surface area contributed by atoms with Crippen LogP contribution in [-0.4, -0.2) is 22.6 Å². The molecule has 1 aliphatic rings. The van der Waals surface area contributed by atoms with E-state index in [-0.39, 0.29) is 11.1 Å². The molecule has 0 saturated carbocycles. The van der Waals surface area contributed by atoms with Gasteiger partial charge in [0.15, 0.2) is 5.75 Å². The number of rotatable bonds is 6. The Hall–Kier alpha value is -1.95. The number of hydrogen-bond acceptors (Lipinski definition) is 4. The Kier molecular flexibility index (Phi) is 6.70. The van der Waals surface area contributed by atoms with Crippen molar-refractivity contribution in [3.63, 3.8) is 0 Å². The third-order valence-corrected chi connectivity index (χ3v) is 5.61. The van der Waals surface area contributed by atoms with E-state index >= 15 is 0 Å². The molecular weight excluding hydrogens is 417 g/mol. The normalized spacial score (nSPS) is 15.6. The first-order valence-electron chi connectivity index (χ1n) is 8.81. The third-order valence-electron chi connectivity index (χ3n) is 4.14. The number of carbonyl (C=O) groups is 2. The highest BCUT2D eigenvalue weighted by Gasteiger charge is 2.34. The molecule has 1 fully saturated rings. The molecule has 3 rings (SSSR count). The van der Waals surface area contributed by atoms with Crippen molar-refractivity contribution in [2.24, 2.45) is 0 Å². The van der Waals surface area contributed by atoms with E-state index in [1.54, 1.807) is 18.2 Å². The number of thioether (sulfide) groups is 1. The lowest BCUT2D eigenvalue weighted by Crippen LogP contribution is -2.28. The van der Waals surface area contributed by atoms with Gasteiger partial charge in [-0.25, -0.2) is 0 Å². The summed E-state index contributed by atoms with van der Waals surface area (Å²) >= 11 is 13.6. The van der Waals surface area contributed by atoms with Gasteiger partial charge in [-0.2, -0.15) is 0 Å². The van der Waals surface area contributed by atoms with Crippen LogP contribution in [0.15, 0.2) is 41.3 Å². The Morgan fingerprint density at radius 3 is 2.36 bits per heavy atom. The van der Waals surface area contributed by atoms with Crippen molar-refractivity contribution in [3.8, 4) is 5.75 Å². The fraction of sp³-hybridized carbons (Fsp3) is 0.238. The van der Waals surface area contributed by atoms with Crippen molar-refractivity contribution in [3.05, 3.63) is 68.0 Å². The number of hydrogen-bond donors (Lipinski definition) is 0. The van der Waals surface area contributed by atoms with Gasteiger partial charge >= 0.3 is 0 Å². The van der Waals surface area contributed by atoms with Crippen molar-refractivity contribution >= 4 is 52.2 Å². The van der Waals surface area contributed by atoms with Gasteiger partial charge in [-0.15, -0.1) is 0 Å². The molecule has 2 amide bonds. The molecule has 2 aromatic carbocycles. The van der Waals surface area contributed by atoms with Crippen molar-refractivity contribution in [1.82, 2.24) is 4.90 Å². The molecule has 0 radical (unpaired) electrons. The van der Waals surface area contributed by atoms with Crippen LogP contribution in [0, 0.1) is 6.92 Å². The molecule has 0 spiro atoms. The summed E-state index contributed by atoms with van der Waals surface area (Å²) < 4.78 is 5.79. The Morgan fingerprint density at radius 2 is 1.75 bits per heavy atom. The molecule has 0 N–H and O–H groups in total. The predicted octanol–water partition coefficient (Wildman–Crippen LogP) is 6.33. The van der Waals surface area contributed by atoms with Gasteiger partial charge < -0.3 is 4.74 Å². The molecule has 0 atom stereocenters. The summed E-state index contributed by atoms with van der Waals surface area (Å²) in [6.45, 7) is 4.69. The molecule has 0 aromatic heterocycles. The molecule has 1 saturated heterocycles. The van der Waals surface area contributed by atoms with Crippen molar-refractivity contribution in [1.29, 1.82) is 0 Å². The largest absolute Gasteiger partial charge is 0.486 e. The average Bonchev–Trinajstić information content (AvgIpc) is 2.90. The zero-order valence-corrected chi connectivity index (χ0v) is 17.8. The average molecular weight is 436 g/mol. The molecule has 146 valence electrons. The SMILES string of the molecule is CCCN1C(=O)S/C(=C/c2cc(Cl)c(OCc3ccc(C)cc3)c(Cl)c2)C1=O. The summed E-state index contributed by atoms with van der Waals surface area (Å²) in [4.78, 5) is 25.9. The standard InChI is InChI=1S/C21H19Cl2NO3S/c1-3-8-24-20(25)18(28-21(24)26)11-15-9-16(22)19(17(23)10-15)27-12-14-6-4-13(2)5-7-14/h4-7,9-11H,3,8,12H2,1-2H3/b18-11+. The van der Waals surface area contributed by atoms with E-state index in [0.29, 0.717) is 39.4 Å². The number of halogens is 2. The first-order valence-corrected chi connectivity index (χ1v) is 10.4. The lowest BCUT2D eigenvalue weighted by molar-refractivity contribution is -0.122. The summed E-state index contributed by atoms with van der Waals surface area (Å²) in [7, 11) is 0. The number of imide groups is 1. The maximum Gasteiger partial charge on any atom is 0.293 e. The van der Waals surface area contributed by atoms with Crippen LogP contribution in [0.4, 0.5) is 4.79 Å². The molecule has 1 heterocycles. The minimum Gasteiger partial charge on any atom is -0.486 e. The first-order chi connectivity index (χ1) is 13.4. The minimum atomic E-state index is -0.288. The minimum absolute atomic E-state index is 0.256. The van der Waals surface area contributed by atoms with Crippen LogP contribution in [0.25, 0.3) is 6.08 Å². The fourth-order valence-electron chi connectivity index (χ4n) is 2.71. The Bertz CT molecular complexity index is 918. The van der Waals surface area contributed by atoms with Gasteiger partial charge in [-0.1, -0.05) is 60.0 Å². The van der Waals surface area contributed by atoms with E-state index < -0.39 is 0 Å². The van der Waals surface area contributed by atoms with Crippen LogP contribution in [0.1, 0.15) is 30.0 Å². The Balaban J connectivity index is 1.77. The summed E-state index contributed by atoms with van der Waals surface area (Å²) in [6, 6.07) is 11.3. The second-order valence-electron chi connectivity index (χ2n) is 6.42. The van der Waals surface area contributed by atoms with E-state index in [1.165, 1.54) is 10.5 Å². The van der Waals surface area contributed by atoms with Gasteiger partial charge in [0.25, 0.3) is 11.1 Å². The number of benzene rings is 2. The van der Waals surface area contributed by atoms with Gasteiger partial charge in [0.1, 0.15) is 6.61 Å². The molecule has 2 aromatic rings. The zero-order chi connectivity index (χ0) is 20.3. The fourth-order valence-corrected chi connectivity index (χ4v) is 4.19. The smallest absolute Gasteiger partial charge is 0.293 e. The van der Waals surface area contributed by atoms with E-state index in [9.17, 15) is 9.59 Å². The van der Waals surface area contributed by atoms with E-state index in [1.807, 2.05) is 38.1 Å². The second kappa shape index (κ2) is 9.03. The third kappa shape index (κ3) is 4.72. The number of nitrogens with zero attached hydrogens (tertiary/aromatic N) is 1. The molecule has 0 unspecified atom stereocenters. The quantitative estimate of drug-likeness (QED) is 0.497. The number of aryl methyl sites for hydroxylation is 1. The molecule has 0 bridgehead atoms. The van der Waals surface area contributed by atoms with Gasteiger partial charge in [-0.3, -0.25) is 14.5 Å². The Morgan fingerprint density at radius 1 is 1.11 bits per heavy atom. The maximum absolute atomic E-state index is 12.4. The summed E-state index contributed by atoms with van der Waals surface area (Å²) in [5, 5.41) is 0.436. The van der Waals surface area contributed by atoms with Crippen LogP contribution in [0.5, 0.6) is 5.75 Å². The van der Waals surface area contributed by atoms with Crippen LogP contribution in [0.2, 0.25) is 10.0 Å². The second-order valence-corrected chi connectivity index (χ2v) is 8.23. The molecule has 7 heteroatoms. The molecule has 1 aliphatic heterocycles.